The molecule has 0 bridgehead atoms. The maximum atomic E-state index is 12.9. The monoisotopic (exact) mass is 326 g/mol. The summed E-state index contributed by atoms with van der Waals surface area (Å²) < 4.78 is 12.9. The van der Waals surface area contributed by atoms with E-state index in [-0.39, 0.29) is 17.8 Å². The second kappa shape index (κ2) is 8.58. The normalized spacial score (nSPS) is 14.6. The van der Waals surface area contributed by atoms with Gasteiger partial charge in [-0.25, -0.2) is 4.39 Å². The number of benzene rings is 2. The minimum Gasteiger partial charge on any atom is -0.391 e. The van der Waals surface area contributed by atoms with Crippen LogP contribution in [-0.4, -0.2) is 17.3 Å². The third kappa shape index (κ3) is 5.45. The van der Waals surface area contributed by atoms with Crippen molar-refractivity contribution < 1.29 is 9.50 Å². The van der Waals surface area contributed by atoms with Crippen LogP contribution < -0.4 is 5.73 Å². The van der Waals surface area contributed by atoms with Crippen molar-refractivity contribution in [3.8, 4) is 6.07 Å². The molecule has 0 aromatic heterocycles. The van der Waals surface area contributed by atoms with Crippen LogP contribution in [0.1, 0.15) is 30.0 Å². The van der Waals surface area contributed by atoms with Crippen molar-refractivity contribution in [1.29, 1.82) is 5.26 Å². The summed E-state index contributed by atoms with van der Waals surface area (Å²) in [6.07, 6.45) is 1.34. The van der Waals surface area contributed by atoms with Gasteiger partial charge in [-0.3, -0.25) is 0 Å². The topological polar surface area (TPSA) is 70.0 Å². The Balaban J connectivity index is 1.84. The number of nitrogens with two attached hydrogens (primary N) is 1. The Morgan fingerprint density at radius 1 is 1.04 bits per heavy atom. The lowest BCUT2D eigenvalue weighted by Gasteiger charge is -2.22. The van der Waals surface area contributed by atoms with Gasteiger partial charge in [0.15, 0.2) is 0 Å². The first kappa shape index (κ1) is 18.1. The fraction of sp³-hybridized carbons (Fsp3) is 0.350. The summed E-state index contributed by atoms with van der Waals surface area (Å²) in [5.41, 5.74) is 8.79. The molecule has 2 aromatic rings. The van der Waals surface area contributed by atoms with Crippen LogP contribution in [0.4, 0.5) is 4.39 Å². The summed E-state index contributed by atoms with van der Waals surface area (Å²) in [5, 5.41) is 19.1. The molecule has 126 valence electrons. The summed E-state index contributed by atoms with van der Waals surface area (Å²) in [6, 6.07) is 15.4. The van der Waals surface area contributed by atoms with Gasteiger partial charge in [0.05, 0.1) is 17.7 Å². The quantitative estimate of drug-likeness (QED) is 0.821. The lowest BCUT2D eigenvalue weighted by atomic mass is 9.91. The number of halogens is 1. The van der Waals surface area contributed by atoms with E-state index in [0.717, 1.165) is 17.5 Å². The molecule has 0 aliphatic carbocycles. The maximum Gasteiger partial charge on any atom is 0.123 e. The molecule has 4 heteroatoms. The van der Waals surface area contributed by atoms with Gasteiger partial charge in [0.25, 0.3) is 0 Å². The smallest absolute Gasteiger partial charge is 0.123 e. The highest BCUT2D eigenvalue weighted by Gasteiger charge is 2.18. The molecule has 0 radical (unpaired) electrons. The third-order valence-corrected chi connectivity index (χ3v) is 4.19. The molecule has 0 amide bonds. The zero-order valence-electron chi connectivity index (χ0n) is 13.8. The van der Waals surface area contributed by atoms with Crippen LogP contribution in [0.3, 0.4) is 0 Å². The van der Waals surface area contributed by atoms with Crippen LogP contribution in [0.2, 0.25) is 0 Å². The molecule has 0 fully saturated rings. The van der Waals surface area contributed by atoms with Crippen molar-refractivity contribution in [3.05, 3.63) is 71.0 Å². The Bertz CT molecular complexity index is 676. The Kier molecular flexibility index (Phi) is 6.48. The molecule has 0 aliphatic heterocycles. The maximum absolute atomic E-state index is 12.9. The molecule has 2 rings (SSSR count). The number of aliphatic hydroxyl groups excluding tert-OH is 1. The van der Waals surface area contributed by atoms with Crippen LogP contribution >= 0.6 is 0 Å². The average Bonchev–Trinajstić information content (AvgIpc) is 2.57. The van der Waals surface area contributed by atoms with Crippen molar-refractivity contribution in [1.82, 2.24) is 0 Å². The van der Waals surface area contributed by atoms with E-state index in [4.69, 9.17) is 11.0 Å². The highest BCUT2D eigenvalue weighted by Crippen LogP contribution is 2.17. The lowest BCUT2D eigenvalue weighted by molar-refractivity contribution is 0.117. The number of aliphatic hydroxyl groups is 1. The number of hydrogen-bond donors (Lipinski definition) is 2. The van der Waals surface area contributed by atoms with Crippen molar-refractivity contribution in [2.75, 3.05) is 0 Å². The summed E-state index contributed by atoms with van der Waals surface area (Å²) in [7, 11) is 0. The summed E-state index contributed by atoms with van der Waals surface area (Å²) in [4.78, 5) is 0. The van der Waals surface area contributed by atoms with E-state index < -0.39 is 6.10 Å². The van der Waals surface area contributed by atoms with Gasteiger partial charge < -0.3 is 10.8 Å². The zero-order chi connectivity index (χ0) is 17.5. The van der Waals surface area contributed by atoms with E-state index in [9.17, 15) is 9.50 Å². The zero-order valence-corrected chi connectivity index (χ0v) is 13.8. The third-order valence-electron chi connectivity index (χ3n) is 4.19. The molecule has 3 atom stereocenters. The summed E-state index contributed by atoms with van der Waals surface area (Å²) in [5.74, 6) is -0.00360. The number of nitrogens with zero attached hydrogens (tertiary/aromatic N) is 1. The molecule has 0 saturated carbocycles. The van der Waals surface area contributed by atoms with Gasteiger partial charge in [-0.05, 0) is 60.6 Å². The van der Waals surface area contributed by atoms with E-state index >= 15 is 0 Å². The first-order valence-electron chi connectivity index (χ1n) is 8.15. The van der Waals surface area contributed by atoms with Gasteiger partial charge in [0.1, 0.15) is 5.82 Å². The molecule has 2 aromatic carbocycles. The van der Waals surface area contributed by atoms with Crippen LogP contribution in [0.15, 0.2) is 48.5 Å². The van der Waals surface area contributed by atoms with Crippen molar-refractivity contribution in [2.45, 2.75) is 38.3 Å². The van der Waals surface area contributed by atoms with E-state index in [1.165, 1.54) is 12.1 Å². The van der Waals surface area contributed by atoms with Gasteiger partial charge in [-0.1, -0.05) is 31.2 Å². The highest BCUT2D eigenvalue weighted by molar-refractivity contribution is 5.31. The Hall–Kier alpha value is -2.22. The second-order valence-electron chi connectivity index (χ2n) is 6.42. The van der Waals surface area contributed by atoms with E-state index in [1.54, 1.807) is 24.3 Å². The first-order valence-corrected chi connectivity index (χ1v) is 8.15. The number of nitriles is 1. The van der Waals surface area contributed by atoms with Crippen LogP contribution in [0, 0.1) is 23.1 Å². The minimum absolute atomic E-state index is 0.271. The SMILES string of the molecule is C[C@H](Cc1ccc(C#N)cc1)C[C@H](O)[C@@H](N)Cc1ccc(F)cc1. The molecule has 3 N–H and O–H groups in total. The fourth-order valence-corrected chi connectivity index (χ4v) is 2.82. The first-order chi connectivity index (χ1) is 11.5. The molecular weight excluding hydrogens is 303 g/mol. The molecule has 0 heterocycles. The molecule has 0 saturated heterocycles. The van der Waals surface area contributed by atoms with Crippen molar-refractivity contribution in [3.63, 3.8) is 0 Å². The predicted octanol–water partition coefficient (Wildman–Crippen LogP) is 3.20. The minimum atomic E-state index is -0.608. The van der Waals surface area contributed by atoms with Crippen LogP contribution in [0.25, 0.3) is 0 Å². The Morgan fingerprint density at radius 2 is 1.58 bits per heavy atom. The Labute approximate surface area is 142 Å². The molecule has 24 heavy (non-hydrogen) atoms. The molecule has 3 nitrogen and oxygen atoms in total. The molecule has 0 unspecified atom stereocenters. The van der Waals surface area contributed by atoms with Gasteiger partial charge in [0, 0.05) is 6.04 Å². The van der Waals surface area contributed by atoms with E-state index in [0.29, 0.717) is 18.4 Å². The highest BCUT2D eigenvalue weighted by atomic mass is 19.1. The summed E-state index contributed by atoms with van der Waals surface area (Å²) >= 11 is 0. The average molecular weight is 326 g/mol. The van der Waals surface area contributed by atoms with E-state index in [1.807, 2.05) is 12.1 Å². The molecule has 0 spiro atoms. The van der Waals surface area contributed by atoms with Gasteiger partial charge in [0.2, 0.25) is 0 Å². The number of hydrogen-bond acceptors (Lipinski definition) is 3. The van der Waals surface area contributed by atoms with E-state index in [2.05, 4.69) is 13.0 Å². The predicted molar refractivity (Wildman–Crippen MR) is 92.7 cm³/mol. The van der Waals surface area contributed by atoms with Crippen molar-refractivity contribution in [2.24, 2.45) is 11.7 Å². The van der Waals surface area contributed by atoms with Crippen LogP contribution in [0.5, 0.6) is 0 Å². The standard InChI is InChI=1S/C20H23FN2O/c1-14(10-15-2-4-17(13-22)5-3-15)11-20(24)19(23)12-16-6-8-18(21)9-7-16/h2-9,14,19-20,24H,10-12,23H2,1H3/t14-,19+,20+/m1/s1. The molecular formula is C20H23FN2O. The Morgan fingerprint density at radius 3 is 2.17 bits per heavy atom. The van der Waals surface area contributed by atoms with Crippen LogP contribution in [-0.2, 0) is 12.8 Å². The largest absolute Gasteiger partial charge is 0.391 e. The van der Waals surface area contributed by atoms with Gasteiger partial charge in [-0.2, -0.15) is 5.26 Å². The van der Waals surface area contributed by atoms with Gasteiger partial charge >= 0.3 is 0 Å². The lowest BCUT2D eigenvalue weighted by Crippen LogP contribution is -2.37. The second-order valence-corrected chi connectivity index (χ2v) is 6.42. The number of rotatable bonds is 7. The fourth-order valence-electron chi connectivity index (χ4n) is 2.82. The summed E-state index contributed by atoms with van der Waals surface area (Å²) in [6.45, 7) is 2.08. The molecule has 0 aliphatic rings. The van der Waals surface area contributed by atoms with Crippen molar-refractivity contribution >= 4 is 0 Å². The van der Waals surface area contributed by atoms with Gasteiger partial charge in [-0.15, -0.1) is 0 Å².